The minimum Gasteiger partial charge on any atom is -0.381 e. The van der Waals surface area contributed by atoms with Crippen molar-refractivity contribution in [2.45, 2.75) is 44.4 Å². The van der Waals surface area contributed by atoms with E-state index in [0.29, 0.717) is 0 Å². The zero-order valence-corrected chi connectivity index (χ0v) is 7.39. The first-order chi connectivity index (χ1) is 5.63. The Balaban J connectivity index is 2.10. The summed E-state index contributed by atoms with van der Waals surface area (Å²) in [4.78, 5) is 0. The summed E-state index contributed by atoms with van der Waals surface area (Å²) in [5.74, 6) is 0. The van der Waals surface area contributed by atoms with E-state index in [4.69, 9.17) is 4.74 Å². The number of ether oxygens (including phenoxy) is 1. The van der Waals surface area contributed by atoms with E-state index in [0.717, 1.165) is 12.8 Å². The molecular weight excluding hydrogens is 164 g/mol. The van der Waals surface area contributed by atoms with Gasteiger partial charge < -0.3 is 10.1 Å². The number of halogens is 2. The normalized spacial score (nSPS) is 31.8. The molecular formula is C8H15F2NO. The molecule has 0 aromatic heterocycles. The maximum Gasteiger partial charge on any atom is 0.253 e. The van der Waals surface area contributed by atoms with Crippen molar-refractivity contribution >= 4 is 0 Å². The monoisotopic (exact) mass is 179 g/mol. The van der Waals surface area contributed by atoms with Gasteiger partial charge >= 0.3 is 0 Å². The summed E-state index contributed by atoms with van der Waals surface area (Å²) < 4.78 is 29.1. The minimum atomic E-state index is -2.27. The van der Waals surface area contributed by atoms with Crippen molar-refractivity contribution in [1.29, 1.82) is 0 Å². The van der Waals surface area contributed by atoms with E-state index in [1.54, 1.807) is 7.11 Å². The van der Waals surface area contributed by atoms with Gasteiger partial charge in [0, 0.05) is 13.2 Å². The molecule has 0 spiro atoms. The smallest absolute Gasteiger partial charge is 0.253 e. The molecule has 0 aromatic carbocycles. The second-order valence-electron chi connectivity index (χ2n) is 3.32. The van der Waals surface area contributed by atoms with E-state index in [9.17, 15) is 8.78 Å². The van der Waals surface area contributed by atoms with Gasteiger partial charge in [-0.2, -0.15) is 0 Å². The van der Waals surface area contributed by atoms with Gasteiger partial charge in [0.1, 0.15) is 0 Å². The molecule has 4 heteroatoms. The van der Waals surface area contributed by atoms with E-state index in [1.807, 2.05) is 0 Å². The third-order valence-electron chi connectivity index (χ3n) is 2.30. The standard InChI is InChI=1S/C8H15F2NO/c1-5(8(9)10)11-6-3-7(4-6)12-2/h5-8,11H,3-4H2,1-2H3. The Bertz CT molecular complexity index is 137. The highest BCUT2D eigenvalue weighted by Gasteiger charge is 2.31. The van der Waals surface area contributed by atoms with Crippen LogP contribution in [0.2, 0.25) is 0 Å². The number of alkyl halides is 2. The second kappa shape index (κ2) is 4.14. The molecule has 0 heterocycles. The zero-order valence-electron chi connectivity index (χ0n) is 7.39. The number of rotatable bonds is 4. The lowest BCUT2D eigenvalue weighted by atomic mass is 9.89. The van der Waals surface area contributed by atoms with E-state index in [-0.39, 0.29) is 12.1 Å². The maximum atomic E-state index is 12.0. The number of methoxy groups -OCH3 is 1. The first-order valence-electron chi connectivity index (χ1n) is 4.20. The Morgan fingerprint density at radius 2 is 2.00 bits per heavy atom. The Kier molecular flexibility index (Phi) is 3.40. The summed E-state index contributed by atoms with van der Waals surface area (Å²) >= 11 is 0. The summed E-state index contributed by atoms with van der Waals surface area (Å²) in [6.45, 7) is 1.50. The topological polar surface area (TPSA) is 21.3 Å². The molecule has 1 saturated carbocycles. The summed E-state index contributed by atoms with van der Waals surface area (Å²) in [7, 11) is 1.65. The number of nitrogens with one attached hydrogen (secondary N) is 1. The van der Waals surface area contributed by atoms with Crippen LogP contribution in [-0.2, 0) is 4.74 Å². The van der Waals surface area contributed by atoms with Gasteiger partial charge in [-0.3, -0.25) is 0 Å². The van der Waals surface area contributed by atoms with Crippen LogP contribution in [-0.4, -0.2) is 31.7 Å². The van der Waals surface area contributed by atoms with Gasteiger partial charge in [0.25, 0.3) is 6.43 Å². The van der Waals surface area contributed by atoms with Crippen LogP contribution >= 0.6 is 0 Å². The molecule has 1 rings (SSSR count). The van der Waals surface area contributed by atoms with Gasteiger partial charge in [0.2, 0.25) is 0 Å². The molecule has 72 valence electrons. The van der Waals surface area contributed by atoms with Crippen LogP contribution in [0.4, 0.5) is 8.78 Å². The molecule has 12 heavy (non-hydrogen) atoms. The Labute approximate surface area is 71.3 Å². The average molecular weight is 179 g/mol. The fourth-order valence-electron chi connectivity index (χ4n) is 1.34. The quantitative estimate of drug-likeness (QED) is 0.704. The summed E-state index contributed by atoms with van der Waals surface area (Å²) in [5.41, 5.74) is 0. The largest absolute Gasteiger partial charge is 0.381 e. The molecule has 1 atom stereocenters. The lowest BCUT2D eigenvalue weighted by Crippen LogP contribution is -2.50. The number of hydrogen-bond donors (Lipinski definition) is 1. The highest BCUT2D eigenvalue weighted by atomic mass is 19.3. The van der Waals surface area contributed by atoms with Crippen molar-refractivity contribution in [3.63, 3.8) is 0 Å². The molecule has 1 unspecified atom stereocenters. The SMILES string of the molecule is COC1CC(NC(C)C(F)F)C1. The third kappa shape index (κ3) is 2.38. The molecule has 0 aromatic rings. The van der Waals surface area contributed by atoms with Crippen LogP contribution in [0.15, 0.2) is 0 Å². The number of hydrogen-bond acceptors (Lipinski definition) is 2. The van der Waals surface area contributed by atoms with Crippen molar-refractivity contribution < 1.29 is 13.5 Å². The summed E-state index contributed by atoms with van der Waals surface area (Å²) in [5, 5.41) is 2.85. The van der Waals surface area contributed by atoms with E-state index < -0.39 is 12.5 Å². The van der Waals surface area contributed by atoms with Gasteiger partial charge in [-0.15, -0.1) is 0 Å². The maximum absolute atomic E-state index is 12.0. The predicted molar refractivity (Wildman–Crippen MR) is 42.4 cm³/mol. The lowest BCUT2D eigenvalue weighted by molar-refractivity contribution is 0.00403. The molecule has 1 aliphatic carbocycles. The Morgan fingerprint density at radius 3 is 2.42 bits per heavy atom. The van der Waals surface area contributed by atoms with Crippen LogP contribution in [0.3, 0.4) is 0 Å². The van der Waals surface area contributed by atoms with E-state index in [1.165, 1.54) is 6.92 Å². The molecule has 1 aliphatic rings. The first-order valence-corrected chi connectivity index (χ1v) is 4.20. The first kappa shape index (κ1) is 9.86. The average Bonchev–Trinajstić information content (AvgIpc) is 1.94. The van der Waals surface area contributed by atoms with Crippen LogP contribution in [0, 0.1) is 0 Å². The third-order valence-corrected chi connectivity index (χ3v) is 2.30. The fraction of sp³-hybridized carbons (Fsp3) is 1.00. The molecule has 0 aliphatic heterocycles. The van der Waals surface area contributed by atoms with Crippen LogP contribution < -0.4 is 5.32 Å². The van der Waals surface area contributed by atoms with Gasteiger partial charge in [0.15, 0.2) is 0 Å². The molecule has 0 bridgehead atoms. The van der Waals surface area contributed by atoms with E-state index >= 15 is 0 Å². The predicted octanol–water partition coefficient (Wildman–Crippen LogP) is 1.41. The molecule has 1 N–H and O–H groups in total. The van der Waals surface area contributed by atoms with Crippen molar-refractivity contribution in [2.24, 2.45) is 0 Å². The molecule has 0 saturated heterocycles. The van der Waals surface area contributed by atoms with Gasteiger partial charge in [-0.25, -0.2) is 8.78 Å². The fourth-order valence-corrected chi connectivity index (χ4v) is 1.34. The van der Waals surface area contributed by atoms with Crippen LogP contribution in [0.25, 0.3) is 0 Å². The molecule has 1 fully saturated rings. The van der Waals surface area contributed by atoms with Crippen LogP contribution in [0.5, 0.6) is 0 Å². The van der Waals surface area contributed by atoms with Gasteiger partial charge in [-0.1, -0.05) is 0 Å². The minimum absolute atomic E-state index is 0.221. The molecule has 2 nitrogen and oxygen atoms in total. The Morgan fingerprint density at radius 1 is 1.42 bits per heavy atom. The molecule has 0 radical (unpaired) electrons. The summed E-state index contributed by atoms with van der Waals surface area (Å²) in [6, 6.07) is -0.480. The second-order valence-corrected chi connectivity index (χ2v) is 3.32. The Hall–Kier alpha value is -0.220. The highest BCUT2D eigenvalue weighted by molar-refractivity contribution is 4.87. The van der Waals surface area contributed by atoms with E-state index in [2.05, 4.69) is 5.32 Å². The summed E-state index contributed by atoms with van der Waals surface area (Å²) in [6.07, 6.45) is -0.292. The van der Waals surface area contributed by atoms with Crippen molar-refractivity contribution in [3.05, 3.63) is 0 Å². The van der Waals surface area contributed by atoms with Gasteiger partial charge in [-0.05, 0) is 19.8 Å². The van der Waals surface area contributed by atoms with Crippen molar-refractivity contribution in [3.8, 4) is 0 Å². The van der Waals surface area contributed by atoms with Gasteiger partial charge in [0.05, 0.1) is 12.1 Å². The zero-order chi connectivity index (χ0) is 9.14. The van der Waals surface area contributed by atoms with Crippen LogP contribution in [0.1, 0.15) is 19.8 Å². The van der Waals surface area contributed by atoms with Crippen molar-refractivity contribution in [1.82, 2.24) is 5.32 Å². The lowest BCUT2D eigenvalue weighted by Gasteiger charge is -2.36. The molecule has 0 amide bonds. The van der Waals surface area contributed by atoms with Crippen molar-refractivity contribution in [2.75, 3.05) is 7.11 Å². The highest BCUT2D eigenvalue weighted by Crippen LogP contribution is 2.23.